The molecule has 202 valence electrons. The maximum absolute atomic E-state index is 12.7. The second kappa shape index (κ2) is 11.5. The van der Waals surface area contributed by atoms with Crippen molar-refractivity contribution < 1.29 is 14.3 Å². The van der Waals surface area contributed by atoms with Crippen LogP contribution < -0.4 is 15.1 Å². The number of anilines is 2. The van der Waals surface area contributed by atoms with Crippen molar-refractivity contribution in [1.29, 1.82) is 5.26 Å². The average Bonchev–Trinajstić information content (AvgIpc) is 3.28. The molecule has 0 saturated carbocycles. The number of nitrogens with zero attached hydrogens (tertiary/aromatic N) is 4. The minimum atomic E-state index is -0.497. The van der Waals surface area contributed by atoms with E-state index in [4.69, 9.17) is 21.6 Å². The van der Waals surface area contributed by atoms with Crippen molar-refractivity contribution in [2.45, 2.75) is 45.8 Å². The molecule has 0 bridgehead atoms. The van der Waals surface area contributed by atoms with E-state index < -0.39 is 5.60 Å². The van der Waals surface area contributed by atoms with Crippen LogP contribution >= 0.6 is 11.6 Å². The van der Waals surface area contributed by atoms with E-state index >= 15 is 0 Å². The molecule has 2 aromatic carbocycles. The molecular weight excluding hydrogens is 502 g/mol. The van der Waals surface area contributed by atoms with Gasteiger partial charge in [-0.15, -0.1) is 0 Å². The van der Waals surface area contributed by atoms with Crippen LogP contribution in [0.1, 0.15) is 34.1 Å². The van der Waals surface area contributed by atoms with Crippen molar-refractivity contribution in [3.8, 4) is 17.2 Å². The summed E-state index contributed by atoms with van der Waals surface area (Å²) in [7, 11) is 0. The lowest BCUT2D eigenvalue weighted by molar-refractivity contribution is -0.122. The van der Waals surface area contributed by atoms with Gasteiger partial charge in [-0.05, 0) is 68.5 Å². The average molecular weight is 538 g/mol. The molecule has 0 radical (unpaired) electrons. The SMILES string of the molecule is CC1C[C@@H](C(=O)NCC#N)N(c2cc(-c3ccc(N4CCN(C(=O)OC(C)(C)C)CC4)cc3)ccc2Cl)C1. The van der Waals surface area contributed by atoms with Crippen LogP contribution in [0, 0.1) is 17.2 Å². The minimum absolute atomic E-state index is 0.00622. The molecule has 1 unspecified atom stereocenters. The number of amides is 2. The molecule has 2 aromatic rings. The monoisotopic (exact) mass is 537 g/mol. The van der Waals surface area contributed by atoms with Crippen molar-refractivity contribution in [3.05, 3.63) is 47.5 Å². The first-order valence-electron chi connectivity index (χ1n) is 13.1. The van der Waals surface area contributed by atoms with Crippen LogP contribution in [0.15, 0.2) is 42.5 Å². The van der Waals surface area contributed by atoms with Crippen molar-refractivity contribution in [3.63, 3.8) is 0 Å². The normalized spacial score (nSPS) is 19.7. The summed E-state index contributed by atoms with van der Waals surface area (Å²) in [6.45, 7) is 11.2. The smallest absolute Gasteiger partial charge is 0.410 e. The van der Waals surface area contributed by atoms with E-state index in [1.54, 1.807) is 4.90 Å². The number of rotatable bonds is 5. The van der Waals surface area contributed by atoms with Gasteiger partial charge >= 0.3 is 6.09 Å². The van der Waals surface area contributed by atoms with Crippen LogP contribution in [0.5, 0.6) is 0 Å². The third kappa shape index (κ3) is 6.51. The Morgan fingerprint density at radius 3 is 2.37 bits per heavy atom. The largest absolute Gasteiger partial charge is 0.444 e. The molecule has 2 saturated heterocycles. The summed E-state index contributed by atoms with van der Waals surface area (Å²) in [6, 6.07) is 15.9. The van der Waals surface area contributed by atoms with Gasteiger partial charge in [0.15, 0.2) is 0 Å². The lowest BCUT2D eigenvalue weighted by atomic mass is 10.0. The van der Waals surface area contributed by atoms with E-state index in [-0.39, 0.29) is 24.6 Å². The standard InChI is InChI=1S/C29H36ClN5O3/c1-20-17-26(27(36)32-12-11-31)35(19-20)25-18-22(7-10-24(25)30)21-5-8-23(9-6-21)33-13-15-34(16-14-33)28(37)38-29(2,3)4/h5-10,18,20,26H,12-17,19H2,1-4H3,(H,32,36)/t20?,26-/m0/s1. The fourth-order valence-electron chi connectivity index (χ4n) is 5.06. The maximum atomic E-state index is 12.7. The van der Waals surface area contributed by atoms with Gasteiger partial charge in [0, 0.05) is 38.4 Å². The highest BCUT2D eigenvalue weighted by molar-refractivity contribution is 6.33. The zero-order chi connectivity index (χ0) is 27.4. The van der Waals surface area contributed by atoms with E-state index in [1.807, 2.05) is 45.0 Å². The van der Waals surface area contributed by atoms with Crippen molar-refractivity contribution in [1.82, 2.24) is 10.2 Å². The molecule has 2 fully saturated rings. The second-order valence-corrected chi connectivity index (χ2v) is 11.5. The van der Waals surface area contributed by atoms with E-state index in [2.05, 4.69) is 46.3 Å². The molecule has 38 heavy (non-hydrogen) atoms. The fourth-order valence-corrected chi connectivity index (χ4v) is 5.28. The third-order valence-electron chi connectivity index (χ3n) is 6.91. The summed E-state index contributed by atoms with van der Waals surface area (Å²) in [5.74, 6) is 0.191. The molecule has 0 aromatic heterocycles. The van der Waals surface area contributed by atoms with Gasteiger partial charge in [0.1, 0.15) is 18.2 Å². The molecular formula is C29H36ClN5O3. The topological polar surface area (TPSA) is 88.9 Å². The highest BCUT2D eigenvalue weighted by atomic mass is 35.5. The van der Waals surface area contributed by atoms with Crippen LogP contribution in [-0.2, 0) is 9.53 Å². The van der Waals surface area contributed by atoms with Gasteiger partial charge in [-0.25, -0.2) is 4.79 Å². The Bertz CT molecular complexity index is 1200. The maximum Gasteiger partial charge on any atom is 0.410 e. The van der Waals surface area contributed by atoms with E-state index in [1.165, 1.54) is 0 Å². The zero-order valence-electron chi connectivity index (χ0n) is 22.5. The number of ether oxygens (including phenoxy) is 1. The minimum Gasteiger partial charge on any atom is -0.444 e. The van der Waals surface area contributed by atoms with E-state index in [9.17, 15) is 9.59 Å². The van der Waals surface area contributed by atoms with Crippen LogP contribution in [0.3, 0.4) is 0 Å². The van der Waals surface area contributed by atoms with Crippen molar-refractivity contribution in [2.24, 2.45) is 5.92 Å². The lowest BCUT2D eigenvalue weighted by Crippen LogP contribution is -2.50. The summed E-state index contributed by atoms with van der Waals surface area (Å²) < 4.78 is 5.50. The molecule has 2 aliphatic rings. The Morgan fingerprint density at radius 1 is 1.08 bits per heavy atom. The summed E-state index contributed by atoms with van der Waals surface area (Å²) >= 11 is 6.61. The zero-order valence-corrected chi connectivity index (χ0v) is 23.3. The molecule has 9 heteroatoms. The predicted molar refractivity (Wildman–Crippen MR) is 150 cm³/mol. The summed E-state index contributed by atoms with van der Waals surface area (Å²) in [6.07, 6.45) is 0.455. The third-order valence-corrected chi connectivity index (χ3v) is 7.23. The fraction of sp³-hybridized carbons (Fsp3) is 0.483. The first-order valence-corrected chi connectivity index (χ1v) is 13.5. The second-order valence-electron chi connectivity index (χ2n) is 11.1. The molecule has 2 heterocycles. The van der Waals surface area contributed by atoms with Crippen LogP contribution in [-0.4, -0.2) is 67.8 Å². The van der Waals surface area contributed by atoms with Gasteiger partial charge < -0.3 is 24.8 Å². The number of nitrogens with one attached hydrogen (secondary N) is 1. The number of nitriles is 1. The van der Waals surface area contributed by atoms with Crippen LogP contribution in [0.4, 0.5) is 16.2 Å². The summed E-state index contributed by atoms with van der Waals surface area (Å²) in [4.78, 5) is 31.2. The van der Waals surface area contributed by atoms with Gasteiger partial charge in [-0.1, -0.05) is 36.7 Å². The molecule has 0 aliphatic carbocycles. The van der Waals surface area contributed by atoms with Gasteiger partial charge in [0.25, 0.3) is 0 Å². The summed E-state index contributed by atoms with van der Waals surface area (Å²) in [5, 5.41) is 12.1. The number of carbonyl (C=O) groups is 2. The van der Waals surface area contributed by atoms with Crippen molar-refractivity contribution >= 4 is 35.0 Å². The first kappa shape index (κ1) is 27.6. The highest BCUT2D eigenvalue weighted by Gasteiger charge is 2.36. The van der Waals surface area contributed by atoms with Crippen LogP contribution in [0.25, 0.3) is 11.1 Å². The van der Waals surface area contributed by atoms with Crippen LogP contribution in [0.2, 0.25) is 5.02 Å². The van der Waals surface area contributed by atoms with Crippen molar-refractivity contribution in [2.75, 3.05) is 49.1 Å². The molecule has 4 rings (SSSR count). The number of halogens is 1. The number of piperazine rings is 1. The first-order chi connectivity index (χ1) is 18.1. The Labute approximate surface area is 230 Å². The molecule has 2 aliphatic heterocycles. The molecule has 8 nitrogen and oxygen atoms in total. The predicted octanol–water partition coefficient (Wildman–Crippen LogP) is 4.92. The molecule has 2 atom stereocenters. The van der Waals surface area contributed by atoms with E-state index in [0.717, 1.165) is 42.1 Å². The Hall–Kier alpha value is -3.44. The van der Waals surface area contributed by atoms with Gasteiger partial charge in [-0.3, -0.25) is 4.79 Å². The Balaban J connectivity index is 1.45. The Morgan fingerprint density at radius 2 is 1.74 bits per heavy atom. The van der Waals surface area contributed by atoms with Gasteiger partial charge in [-0.2, -0.15) is 5.26 Å². The molecule has 0 spiro atoms. The lowest BCUT2D eigenvalue weighted by Gasteiger charge is -2.36. The quantitative estimate of drug-likeness (QED) is 0.545. The number of benzene rings is 2. The molecule has 2 amide bonds. The number of carbonyl (C=O) groups excluding carboxylic acids is 2. The van der Waals surface area contributed by atoms with Gasteiger partial charge in [0.2, 0.25) is 5.91 Å². The van der Waals surface area contributed by atoms with E-state index in [0.29, 0.717) is 30.5 Å². The number of hydrogen-bond acceptors (Lipinski definition) is 6. The molecule has 1 N–H and O–H groups in total. The Kier molecular flexibility index (Phi) is 8.37. The van der Waals surface area contributed by atoms with Gasteiger partial charge in [0.05, 0.1) is 16.8 Å². The highest BCUT2D eigenvalue weighted by Crippen LogP contribution is 2.37. The summed E-state index contributed by atoms with van der Waals surface area (Å²) in [5.41, 5.74) is 3.50. The number of hydrogen-bond donors (Lipinski definition) is 1.